The molecule has 1 saturated heterocycles. The molecule has 0 saturated carbocycles. The van der Waals surface area contributed by atoms with Gasteiger partial charge in [-0.05, 0) is 52.3 Å². The number of carbonyl (C=O) groups is 1. The predicted molar refractivity (Wildman–Crippen MR) is 106 cm³/mol. The van der Waals surface area contributed by atoms with E-state index in [9.17, 15) is 4.79 Å². The maximum absolute atomic E-state index is 12.3. The van der Waals surface area contributed by atoms with Crippen molar-refractivity contribution in [2.24, 2.45) is 0 Å². The minimum atomic E-state index is -0.628. The fraction of sp³-hybridized carbons (Fsp3) is 0.650. The standard InChI is InChI=1S/C20H31BO7/c1-9-26-17(22)12-14(21-27-19(2,3)20(4,5)28-21)13-10-15(23-6)18(25-8)16(11-13)24-7/h10-11,14H,9,12H2,1-8H3. The van der Waals surface area contributed by atoms with E-state index in [2.05, 4.69) is 0 Å². The van der Waals surface area contributed by atoms with Crippen LogP contribution in [0, 0.1) is 0 Å². The third-order valence-electron chi connectivity index (χ3n) is 5.41. The molecular weight excluding hydrogens is 363 g/mol. The van der Waals surface area contributed by atoms with E-state index in [1.165, 1.54) is 0 Å². The van der Waals surface area contributed by atoms with Crippen LogP contribution >= 0.6 is 0 Å². The number of methoxy groups -OCH3 is 3. The van der Waals surface area contributed by atoms with E-state index in [0.717, 1.165) is 5.56 Å². The number of esters is 1. The molecule has 1 aromatic carbocycles. The first-order chi connectivity index (χ1) is 13.1. The van der Waals surface area contributed by atoms with Gasteiger partial charge in [-0.2, -0.15) is 0 Å². The minimum absolute atomic E-state index is 0.101. The number of hydrogen-bond donors (Lipinski definition) is 0. The van der Waals surface area contributed by atoms with Gasteiger partial charge in [0.05, 0.1) is 45.6 Å². The van der Waals surface area contributed by atoms with Gasteiger partial charge in [-0.15, -0.1) is 0 Å². The molecule has 1 fully saturated rings. The quantitative estimate of drug-likeness (QED) is 0.494. The molecule has 8 heteroatoms. The normalized spacial score (nSPS) is 18.5. The van der Waals surface area contributed by atoms with Crippen LogP contribution < -0.4 is 14.2 Å². The van der Waals surface area contributed by atoms with Gasteiger partial charge in [0, 0.05) is 5.82 Å². The first-order valence-electron chi connectivity index (χ1n) is 9.41. The van der Waals surface area contributed by atoms with Crippen LogP contribution in [-0.2, 0) is 18.8 Å². The number of rotatable bonds is 8. The summed E-state index contributed by atoms with van der Waals surface area (Å²) in [5.74, 6) is 0.756. The molecule has 0 aliphatic carbocycles. The van der Waals surface area contributed by atoms with E-state index in [1.54, 1.807) is 28.3 Å². The average molecular weight is 394 g/mol. The van der Waals surface area contributed by atoms with Crippen molar-refractivity contribution in [3.8, 4) is 17.2 Å². The van der Waals surface area contributed by atoms with E-state index in [-0.39, 0.29) is 12.4 Å². The van der Waals surface area contributed by atoms with E-state index in [1.807, 2.05) is 39.8 Å². The molecule has 28 heavy (non-hydrogen) atoms. The van der Waals surface area contributed by atoms with Gasteiger partial charge in [0.1, 0.15) is 0 Å². The van der Waals surface area contributed by atoms with Crippen LogP contribution in [0.15, 0.2) is 12.1 Å². The Morgan fingerprint density at radius 1 is 1.00 bits per heavy atom. The molecule has 1 aliphatic rings. The molecule has 1 aliphatic heterocycles. The van der Waals surface area contributed by atoms with Crippen LogP contribution in [0.4, 0.5) is 0 Å². The van der Waals surface area contributed by atoms with Crippen molar-refractivity contribution in [2.75, 3.05) is 27.9 Å². The van der Waals surface area contributed by atoms with E-state index >= 15 is 0 Å². The fourth-order valence-electron chi connectivity index (χ4n) is 3.14. The van der Waals surface area contributed by atoms with Gasteiger partial charge < -0.3 is 28.3 Å². The highest BCUT2D eigenvalue weighted by atomic mass is 16.7. The summed E-state index contributed by atoms with van der Waals surface area (Å²) in [7, 11) is 4.02. The van der Waals surface area contributed by atoms with Gasteiger partial charge in [0.25, 0.3) is 0 Å². The average Bonchev–Trinajstić information content (AvgIpc) is 2.85. The zero-order chi connectivity index (χ0) is 21.1. The molecule has 0 aromatic heterocycles. The van der Waals surface area contributed by atoms with Crippen molar-refractivity contribution in [3.05, 3.63) is 17.7 Å². The van der Waals surface area contributed by atoms with Crippen LogP contribution in [0.25, 0.3) is 0 Å². The number of carbonyl (C=O) groups excluding carboxylic acids is 1. The Morgan fingerprint density at radius 3 is 1.89 bits per heavy atom. The molecule has 1 atom stereocenters. The third kappa shape index (κ3) is 4.38. The molecule has 156 valence electrons. The molecule has 0 amide bonds. The Kier molecular flexibility index (Phi) is 6.88. The molecule has 0 N–H and O–H groups in total. The molecular formula is C20H31BO7. The monoisotopic (exact) mass is 394 g/mol. The zero-order valence-corrected chi connectivity index (χ0v) is 18.1. The summed E-state index contributed by atoms with van der Waals surface area (Å²) >= 11 is 0. The lowest BCUT2D eigenvalue weighted by molar-refractivity contribution is -0.143. The Hall–Kier alpha value is -1.93. The van der Waals surface area contributed by atoms with Gasteiger partial charge >= 0.3 is 13.1 Å². The lowest BCUT2D eigenvalue weighted by Gasteiger charge is -2.32. The molecule has 1 aromatic rings. The summed E-state index contributed by atoms with van der Waals surface area (Å²) in [5, 5.41) is 0. The third-order valence-corrected chi connectivity index (χ3v) is 5.41. The van der Waals surface area contributed by atoms with Gasteiger partial charge in [0.2, 0.25) is 5.75 Å². The Balaban J connectivity index is 2.49. The van der Waals surface area contributed by atoms with Crippen molar-refractivity contribution < 1.29 is 33.1 Å². The largest absolute Gasteiger partial charge is 0.493 e. The van der Waals surface area contributed by atoms with Gasteiger partial charge in [-0.3, -0.25) is 4.79 Å². The van der Waals surface area contributed by atoms with Crippen molar-refractivity contribution in [2.45, 2.75) is 58.1 Å². The van der Waals surface area contributed by atoms with Crippen LogP contribution in [0.2, 0.25) is 0 Å². The summed E-state index contributed by atoms with van der Waals surface area (Å²) in [6.07, 6.45) is 0.101. The Bertz CT molecular complexity index is 661. The highest BCUT2D eigenvalue weighted by Crippen LogP contribution is 2.45. The van der Waals surface area contributed by atoms with Gasteiger partial charge in [-0.1, -0.05) is 0 Å². The first kappa shape index (κ1) is 22.4. The van der Waals surface area contributed by atoms with E-state index in [0.29, 0.717) is 23.9 Å². The lowest BCUT2D eigenvalue weighted by Crippen LogP contribution is -2.41. The number of ether oxygens (including phenoxy) is 4. The molecule has 7 nitrogen and oxygen atoms in total. The summed E-state index contributed by atoms with van der Waals surface area (Å²) in [6, 6.07) is 3.63. The molecule has 2 rings (SSSR count). The highest BCUT2D eigenvalue weighted by Gasteiger charge is 2.54. The van der Waals surface area contributed by atoms with E-state index < -0.39 is 24.1 Å². The molecule has 0 bridgehead atoms. The number of hydrogen-bond acceptors (Lipinski definition) is 7. The van der Waals surface area contributed by atoms with Crippen molar-refractivity contribution >= 4 is 13.1 Å². The molecule has 1 heterocycles. The van der Waals surface area contributed by atoms with Crippen LogP contribution in [0.3, 0.4) is 0 Å². The predicted octanol–water partition coefficient (Wildman–Crippen LogP) is 3.38. The van der Waals surface area contributed by atoms with Crippen LogP contribution in [-0.4, -0.2) is 52.2 Å². The van der Waals surface area contributed by atoms with Crippen molar-refractivity contribution in [1.29, 1.82) is 0 Å². The topological polar surface area (TPSA) is 72.5 Å². The Labute approximate surface area is 167 Å². The highest BCUT2D eigenvalue weighted by molar-refractivity contribution is 6.48. The smallest absolute Gasteiger partial charge is 0.466 e. The maximum Gasteiger partial charge on any atom is 0.466 e. The summed E-state index contributed by atoms with van der Waals surface area (Å²) in [4.78, 5) is 12.3. The first-order valence-corrected chi connectivity index (χ1v) is 9.41. The fourth-order valence-corrected chi connectivity index (χ4v) is 3.14. The van der Waals surface area contributed by atoms with Crippen molar-refractivity contribution in [1.82, 2.24) is 0 Å². The van der Waals surface area contributed by atoms with Crippen LogP contribution in [0.5, 0.6) is 17.2 Å². The minimum Gasteiger partial charge on any atom is -0.493 e. The SMILES string of the molecule is CCOC(=O)CC(B1OC(C)(C)C(C)(C)O1)c1cc(OC)c(OC)c(OC)c1. The lowest BCUT2D eigenvalue weighted by atomic mass is 9.66. The summed E-state index contributed by atoms with van der Waals surface area (Å²) in [5.41, 5.74) is -0.266. The zero-order valence-electron chi connectivity index (χ0n) is 18.1. The second-order valence-corrected chi connectivity index (χ2v) is 7.70. The summed E-state index contributed by atoms with van der Waals surface area (Å²) < 4.78 is 33.9. The maximum atomic E-state index is 12.3. The van der Waals surface area contributed by atoms with Gasteiger partial charge in [0.15, 0.2) is 11.5 Å². The molecule has 1 unspecified atom stereocenters. The van der Waals surface area contributed by atoms with Crippen LogP contribution in [0.1, 0.15) is 52.4 Å². The Morgan fingerprint density at radius 2 is 1.50 bits per heavy atom. The van der Waals surface area contributed by atoms with E-state index in [4.69, 9.17) is 28.3 Å². The summed E-state index contributed by atoms with van der Waals surface area (Å²) in [6.45, 7) is 9.99. The van der Waals surface area contributed by atoms with Gasteiger partial charge in [-0.25, -0.2) is 0 Å². The molecule has 0 spiro atoms. The second kappa shape index (κ2) is 8.61. The second-order valence-electron chi connectivity index (χ2n) is 7.70. The van der Waals surface area contributed by atoms with Crippen molar-refractivity contribution in [3.63, 3.8) is 0 Å². The number of benzene rings is 1. The molecule has 0 radical (unpaired) electrons.